The number of fused-ring (bicyclic) bond motifs is 1. The number of rotatable bonds is 5. The third kappa shape index (κ3) is 4.33. The van der Waals surface area contributed by atoms with Gasteiger partial charge in [0.1, 0.15) is 5.25 Å². The van der Waals surface area contributed by atoms with Crippen LogP contribution in [0.2, 0.25) is 0 Å². The quantitative estimate of drug-likeness (QED) is 0.413. The summed E-state index contributed by atoms with van der Waals surface area (Å²) in [5.41, 5.74) is 1.15. The molecule has 2 aromatic carbocycles. The third-order valence-corrected chi connectivity index (χ3v) is 5.76. The van der Waals surface area contributed by atoms with Crippen LogP contribution in [0.25, 0.3) is 0 Å². The van der Waals surface area contributed by atoms with Crippen molar-refractivity contribution in [3.8, 4) is 11.5 Å². The van der Waals surface area contributed by atoms with E-state index in [1.165, 1.54) is 36.0 Å². The Morgan fingerprint density at radius 2 is 1.94 bits per heavy atom. The van der Waals surface area contributed by atoms with Crippen LogP contribution < -0.4 is 19.7 Å². The number of carboxylic acid groups (broad SMARTS) is 1. The number of carbonyl (C=O) groups is 3. The zero-order valence-corrected chi connectivity index (χ0v) is 17.3. The number of hydrogen-bond acceptors (Lipinski definition) is 7. The summed E-state index contributed by atoms with van der Waals surface area (Å²) in [4.78, 5) is 42.0. The first-order valence-corrected chi connectivity index (χ1v) is 10.4. The van der Waals surface area contributed by atoms with Gasteiger partial charge in [0.15, 0.2) is 16.7 Å². The van der Waals surface area contributed by atoms with Gasteiger partial charge in [-0.1, -0.05) is 11.8 Å². The molecule has 1 saturated heterocycles. The number of nitrogens with zero attached hydrogens (tertiary/aromatic N) is 2. The van der Waals surface area contributed by atoms with E-state index in [-0.39, 0.29) is 30.6 Å². The summed E-state index contributed by atoms with van der Waals surface area (Å²) in [7, 11) is 0. The summed E-state index contributed by atoms with van der Waals surface area (Å²) in [5, 5.41) is 12.1. The Morgan fingerprint density at radius 1 is 1.19 bits per heavy atom. The number of nitrogens with one attached hydrogen (secondary N) is 1. The highest BCUT2D eigenvalue weighted by atomic mass is 32.2. The maximum absolute atomic E-state index is 12.9. The monoisotopic (exact) mass is 441 g/mol. The number of aromatic carboxylic acids is 1. The molecule has 160 valence electrons. The van der Waals surface area contributed by atoms with Crippen molar-refractivity contribution in [3.05, 3.63) is 48.0 Å². The molecule has 0 aliphatic carbocycles. The summed E-state index contributed by atoms with van der Waals surface area (Å²) in [6.07, 6.45) is 0.0235. The first kappa shape index (κ1) is 20.7. The van der Waals surface area contributed by atoms with E-state index in [0.29, 0.717) is 28.9 Å². The van der Waals surface area contributed by atoms with Crippen LogP contribution in [-0.4, -0.2) is 46.6 Å². The van der Waals surface area contributed by atoms with Crippen LogP contribution in [0, 0.1) is 0 Å². The number of carboxylic acids is 1. The molecule has 2 aliphatic heterocycles. The summed E-state index contributed by atoms with van der Waals surface area (Å²) in [6, 6.07) is 11.0. The topological polar surface area (TPSA) is 118 Å². The van der Waals surface area contributed by atoms with Crippen LogP contribution >= 0.6 is 11.8 Å². The van der Waals surface area contributed by atoms with Crippen LogP contribution in [0.5, 0.6) is 11.5 Å². The molecule has 1 fully saturated rings. The van der Waals surface area contributed by atoms with Gasteiger partial charge >= 0.3 is 5.97 Å². The minimum atomic E-state index is -1.07. The molecule has 2 amide bonds. The molecule has 4 rings (SSSR count). The molecule has 31 heavy (non-hydrogen) atoms. The second kappa shape index (κ2) is 8.68. The lowest BCUT2D eigenvalue weighted by Gasteiger charge is -2.16. The highest BCUT2D eigenvalue weighted by molar-refractivity contribution is 8.15. The molecule has 0 spiro atoms. The van der Waals surface area contributed by atoms with Crippen molar-refractivity contribution in [3.63, 3.8) is 0 Å². The molecule has 2 heterocycles. The highest BCUT2D eigenvalue weighted by Crippen LogP contribution is 2.35. The Balaban J connectivity index is 1.48. The number of amidine groups is 1. The van der Waals surface area contributed by atoms with Crippen molar-refractivity contribution >= 4 is 46.1 Å². The zero-order chi connectivity index (χ0) is 22.0. The van der Waals surface area contributed by atoms with Gasteiger partial charge in [-0.05, 0) is 43.3 Å². The van der Waals surface area contributed by atoms with E-state index in [1.807, 2.05) is 13.0 Å². The van der Waals surface area contributed by atoms with Crippen molar-refractivity contribution in [1.29, 1.82) is 0 Å². The zero-order valence-electron chi connectivity index (χ0n) is 16.5. The fourth-order valence-electron chi connectivity index (χ4n) is 3.20. The molecule has 0 unspecified atom stereocenters. The maximum atomic E-state index is 12.9. The van der Waals surface area contributed by atoms with Crippen molar-refractivity contribution in [2.45, 2.75) is 18.6 Å². The van der Waals surface area contributed by atoms with E-state index in [4.69, 9.17) is 14.6 Å². The normalized spacial score (nSPS) is 17.9. The molecule has 0 aromatic heterocycles. The first-order valence-electron chi connectivity index (χ1n) is 9.54. The van der Waals surface area contributed by atoms with Gasteiger partial charge in [-0.2, -0.15) is 0 Å². The summed E-state index contributed by atoms with van der Waals surface area (Å²) in [6.45, 7) is 2.54. The van der Waals surface area contributed by atoms with Gasteiger partial charge in [0.25, 0.3) is 0 Å². The van der Waals surface area contributed by atoms with Gasteiger partial charge in [0, 0.05) is 24.7 Å². The van der Waals surface area contributed by atoms with Gasteiger partial charge in [0.05, 0.1) is 11.3 Å². The molecule has 0 bridgehead atoms. The molecule has 10 heteroatoms. The van der Waals surface area contributed by atoms with Crippen molar-refractivity contribution < 1.29 is 29.0 Å². The van der Waals surface area contributed by atoms with Crippen LogP contribution in [0.15, 0.2) is 47.5 Å². The number of hydrogen-bond donors (Lipinski definition) is 2. The number of amides is 2. The number of benzene rings is 2. The number of ether oxygens (including phenoxy) is 2. The predicted octanol–water partition coefficient (Wildman–Crippen LogP) is 2.97. The number of aliphatic imine (C=N–C) groups is 1. The van der Waals surface area contributed by atoms with Gasteiger partial charge < -0.3 is 19.9 Å². The summed E-state index contributed by atoms with van der Waals surface area (Å²) >= 11 is 1.18. The van der Waals surface area contributed by atoms with Crippen LogP contribution in [-0.2, 0) is 9.59 Å². The fraction of sp³-hybridized carbons (Fsp3) is 0.238. The second-order valence-corrected chi connectivity index (χ2v) is 7.89. The molecule has 2 N–H and O–H groups in total. The lowest BCUT2D eigenvalue weighted by atomic mass is 10.2. The van der Waals surface area contributed by atoms with E-state index >= 15 is 0 Å². The Morgan fingerprint density at radius 3 is 2.65 bits per heavy atom. The van der Waals surface area contributed by atoms with Crippen LogP contribution in [0.4, 0.5) is 11.4 Å². The van der Waals surface area contributed by atoms with E-state index in [1.54, 1.807) is 12.1 Å². The molecular weight excluding hydrogens is 422 g/mol. The number of anilines is 2. The molecule has 2 aliphatic rings. The third-order valence-electron chi connectivity index (χ3n) is 4.66. The average Bonchev–Trinajstić information content (AvgIpc) is 3.32. The van der Waals surface area contributed by atoms with Gasteiger partial charge in [0.2, 0.25) is 18.6 Å². The Bertz CT molecular complexity index is 1070. The predicted molar refractivity (Wildman–Crippen MR) is 116 cm³/mol. The number of imide groups is 1. The van der Waals surface area contributed by atoms with Crippen molar-refractivity contribution in [2.75, 3.05) is 23.6 Å². The second-order valence-electron chi connectivity index (χ2n) is 6.70. The van der Waals surface area contributed by atoms with Gasteiger partial charge in [-0.15, -0.1) is 0 Å². The van der Waals surface area contributed by atoms with E-state index in [9.17, 15) is 14.4 Å². The standard InChI is InChI=1S/C21H19N3O6S/c1-2-22-21(23-13-5-8-15-16(9-13)30-11-29-15)31-17-10-18(25)24(19(17)26)14-6-3-12(4-7-14)20(27)28/h3-9,17H,2,10-11H2,1H3,(H,22,23)(H,27,28)/t17-/m1/s1. The maximum Gasteiger partial charge on any atom is 0.335 e. The minimum absolute atomic E-state index is 0.0235. The molecule has 0 saturated carbocycles. The molecular formula is C21H19N3O6S. The Hall–Kier alpha value is -3.53. The Labute approximate surface area is 182 Å². The largest absolute Gasteiger partial charge is 0.478 e. The highest BCUT2D eigenvalue weighted by Gasteiger charge is 2.40. The summed E-state index contributed by atoms with van der Waals surface area (Å²) < 4.78 is 10.7. The van der Waals surface area contributed by atoms with Crippen molar-refractivity contribution in [1.82, 2.24) is 0 Å². The number of carbonyl (C=O) groups excluding carboxylic acids is 2. The van der Waals surface area contributed by atoms with Crippen LogP contribution in [0.1, 0.15) is 23.7 Å². The Kier molecular flexibility index (Phi) is 5.81. The smallest absolute Gasteiger partial charge is 0.335 e. The summed E-state index contributed by atoms with van der Waals surface area (Å²) in [5.74, 6) is -0.504. The molecule has 9 nitrogen and oxygen atoms in total. The molecule has 2 aromatic rings. The van der Waals surface area contributed by atoms with Gasteiger partial charge in [-0.3, -0.25) is 14.6 Å². The fourth-order valence-corrected chi connectivity index (χ4v) is 4.28. The first-order chi connectivity index (χ1) is 15.0. The van der Waals surface area contributed by atoms with Crippen LogP contribution in [0.3, 0.4) is 0 Å². The van der Waals surface area contributed by atoms with E-state index in [0.717, 1.165) is 10.6 Å². The van der Waals surface area contributed by atoms with Crippen molar-refractivity contribution in [2.24, 2.45) is 4.99 Å². The lowest BCUT2D eigenvalue weighted by molar-refractivity contribution is -0.121. The SMILES string of the molecule is CCN=C(Nc1ccc2c(c1)OCO2)S[C@@H]1CC(=O)N(c2ccc(C(=O)O)cc2)C1=O. The molecule has 0 radical (unpaired) electrons. The number of thioether (sulfide) groups is 1. The molecule has 1 atom stereocenters. The van der Waals surface area contributed by atoms with E-state index in [2.05, 4.69) is 10.3 Å². The average molecular weight is 441 g/mol. The lowest BCUT2D eigenvalue weighted by Crippen LogP contribution is -2.31. The van der Waals surface area contributed by atoms with E-state index < -0.39 is 11.2 Å². The minimum Gasteiger partial charge on any atom is -0.478 e. The van der Waals surface area contributed by atoms with Gasteiger partial charge in [-0.25, -0.2) is 9.69 Å².